The van der Waals surface area contributed by atoms with Crippen LogP contribution in [-0.4, -0.2) is 17.7 Å². The van der Waals surface area contributed by atoms with Gasteiger partial charge in [-0.05, 0) is 37.3 Å². The highest BCUT2D eigenvalue weighted by Gasteiger charge is 2.22. The minimum Gasteiger partial charge on any atom is -0.376 e. The largest absolute Gasteiger partial charge is 0.376 e. The van der Waals surface area contributed by atoms with E-state index in [0.29, 0.717) is 0 Å². The summed E-state index contributed by atoms with van der Waals surface area (Å²) in [5, 5.41) is 0. The molecule has 0 radical (unpaired) electrons. The number of aromatic nitrogens is 1. The number of nitrogens with two attached hydrogens (primary N) is 1. The fraction of sp³-hybridized carbons (Fsp3) is 0.583. The lowest BCUT2D eigenvalue weighted by Gasteiger charge is -2.28. The summed E-state index contributed by atoms with van der Waals surface area (Å²) < 4.78 is 5.68. The fourth-order valence-electron chi connectivity index (χ4n) is 2.02. The van der Waals surface area contributed by atoms with Gasteiger partial charge in [0.25, 0.3) is 0 Å². The van der Waals surface area contributed by atoms with Crippen molar-refractivity contribution < 1.29 is 4.74 Å². The number of aryl methyl sites for hydroxylation is 1. The van der Waals surface area contributed by atoms with Crippen molar-refractivity contribution in [3.63, 3.8) is 0 Å². The van der Waals surface area contributed by atoms with Crippen LogP contribution in [0.25, 0.3) is 0 Å². The first-order valence-electron chi connectivity index (χ1n) is 5.56. The van der Waals surface area contributed by atoms with Gasteiger partial charge in [0.1, 0.15) is 0 Å². The molecule has 2 rings (SSSR count). The van der Waals surface area contributed by atoms with Gasteiger partial charge in [0.2, 0.25) is 0 Å². The maximum Gasteiger partial charge on any atom is 0.0768 e. The number of rotatable bonds is 2. The summed E-state index contributed by atoms with van der Waals surface area (Å²) in [6, 6.07) is 2.06. The molecule has 2 atom stereocenters. The molecule has 2 N–H and O–H groups in total. The molecule has 2 heterocycles. The van der Waals surface area contributed by atoms with Crippen molar-refractivity contribution in [2.24, 2.45) is 5.73 Å². The number of ether oxygens (including phenoxy) is 1. The molecule has 1 aliphatic rings. The minimum atomic E-state index is -0.0299. The molecule has 0 bridgehead atoms. The van der Waals surface area contributed by atoms with Crippen LogP contribution in [0.15, 0.2) is 18.5 Å². The van der Waals surface area contributed by atoms with E-state index >= 15 is 0 Å². The standard InChI is InChI=1S/C12H18N2O/c1-9-6-10(8-14-7-9)12(13)11-4-2-3-5-15-11/h6-8,11-12H,2-5,13H2,1H3. The number of pyridine rings is 1. The highest BCUT2D eigenvalue weighted by molar-refractivity contribution is 5.20. The van der Waals surface area contributed by atoms with E-state index < -0.39 is 0 Å². The zero-order valence-corrected chi connectivity index (χ0v) is 9.15. The monoisotopic (exact) mass is 206 g/mol. The van der Waals surface area contributed by atoms with Crippen molar-refractivity contribution in [1.29, 1.82) is 0 Å². The molecule has 82 valence electrons. The molecule has 0 amide bonds. The van der Waals surface area contributed by atoms with Crippen LogP contribution in [0, 0.1) is 6.92 Å². The van der Waals surface area contributed by atoms with E-state index in [9.17, 15) is 0 Å². The Labute approximate surface area is 90.7 Å². The van der Waals surface area contributed by atoms with Crippen LogP contribution < -0.4 is 5.73 Å². The predicted octanol–water partition coefficient (Wildman–Crippen LogP) is 1.96. The van der Waals surface area contributed by atoms with Crippen LogP contribution in [0.3, 0.4) is 0 Å². The van der Waals surface area contributed by atoms with Crippen molar-refractivity contribution in [3.05, 3.63) is 29.6 Å². The summed E-state index contributed by atoms with van der Waals surface area (Å²) in [5.41, 5.74) is 8.41. The molecule has 1 aromatic rings. The Morgan fingerprint density at radius 2 is 2.33 bits per heavy atom. The smallest absolute Gasteiger partial charge is 0.0768 e. The zero-order chi connectivity index (χ0) is 10.7. The lowest BCUT2D eigenvalue weighted by Crippen LogP contribution is -2.31. The van der Waals surface area contributed by atoms with Crippen LogP contribution in [0.2, 0.25) is 0 Å². The molecule has 0 spiro atoms. The molecule has 1 aliphatic heterocycles. The van der Waals surface area contributed by atoms with Gasteiger partial charge in [-0.1, -0.05) is 6.07 Å². The molecular formula is C12H18N2O. The summed E-state index contributed by atoms with van der Waals surface area (Å²) in [5.74, 6) is 0. The third-order valence-corrected chi connectivity index (χ3v) is 2.90. The van der Waals surface area contributed by atoms with E-state index in [1.807, 2.05) is 19.3 Å². The minimum absolute atomic E-state index is 0.0299. The second-order valence-corrected chi connectivity index (χ2v) is 4.23. The van der Waals surface area contributed by atoms with Gasteiger partial charge in [-0.25, -0.2) is 0 Å². The molecule has 2 unspecified atom stereocenters. The second kappa shape index (κ2) is 4.73. The first-order chi connectivity index (χ1) is 7.27. The Morgan fingerprint density at radius 1 is 1.47 bits per heavy atom. The highest BCUT2D eigenvalue weighted by atomic mass is 16.5. The van der Waals surface area contributed by atoms with E-state index in [0.717, 1.165) is 30.6 Å². The Kier molecular flexibility index (Phi) is 3.34. The molecule has 0 aliphatic carbocycles. The Hall–Kier alpha value is -0.930. The van der Waals surface area contributed by atoms with Crippen molar-refractivity contribution in [1.82, 2.24) is 4.98 Å². The van der Waals surface area contributed by atoms with Gasteiger partial charge < -0.3 is 10.5 Å². The van der Waals surface area contributed by atoms with E-state index in [4.69, 9.17) is 10.5 Å². The van der Waals surface area contributed by atoms with Gasteiger partial charge in [-0.15, -0.1) is 0 Å². The Bertz CT molecular complexity index is 321. The fourth-order valence-corrected chi connectivity index (χ4v) is 2.02. The van der Waals surface area contributed by atoms with Crippen molar-refractivity contribution in [2.45, 2.75) is 38.3 Å². The van der Waals surface area contributed by atoms with Crippen LogP contribution in [0.1, 0.15) is 36.4 Å². The SMILES string of the molecule is Cc1cncc(C(N)C2CCCCO2)c1. The van der Waals surface area contributed by atoms with E-state index in [-0.39, 0.29) is 12.1 Å². The predicted molar refractivity (Wildman–Crippen MR) is 59.5 cm³/mol. The third-order valence-electron chi connectivity index (χ3n) is 2.90. The molecule has 0 aromatic carbocycles. The summed E-state index contributed by atoms with van der Waals surface area (Å²) in [6.07, 6.45) is 7.30. The van der Waals surface area contributed by atoms with Crippen molar-refractivity contribution >= 4 is 0 Å². The van der Waals surface area contributed by atoms with E-state index in [1.165, 1.54) is 6.42 Å². The lowest BCUT2D eigenvalue weighted by molar-refractivity contribution is -0.0000540. The van der Waals surface area contributed by atoms with E-state index in [2.05, 4.69) is 11.1 Å². The summed E-state index contributed by atoms with van der Waals surface area (Å²) in [6.45, 7) is 2.88. The van der Waals surface area contributed by atoms with Gasteiger partial charge >= 0.3 is 0 Å². The summed E-state index contributed by atoms with van der Waals surface area (Å²) >= 11 is 0. The number of hydrogen-bond acceptors (Lipinski definition) is 3. The highest BCUT2D eigenvalue weighted by Crippen LogP contribution is 2.24. The molecule has 1 aromatic heterocycles. The molecule has 15 heavy (non-hydrogen) atoms. The van der Waals surface area contributed by atoms with Crippen molar-refractivity contribution in [3.8, 4) is 0 Å². The van der Waals surface area contributed by atoms with E-state index in [1.54, 1.807) is 0 Å². The first-order valence-corrected chi connectivity index (χ1v) is 5.56. The Balaban J connectivity index is 2.08. The number of hydrogen-bond donors (Lipinski definition) is 1. The van der Waals surface area contributed by atoms with Gasteiger partial charge in [0, 0.05) is 19.0 Å². The molecular weight excluding hydrogens is 188 g/mol. The molecule has 1 fully saturated rings. The van der Waals surface area contributed by atoms with Crippen molar-refractivity contribution in [2.75, 3.05) is 6.61 Å². The molecule has 3 nitrogen and oxygen atoms in total. The topological polar surface area (TPSA) is 48.1 Å². The first kappa shape index (κ1) is 10.6. The van der Waals surface area contributed by atoms with Gasteiger partial charge in [0.05, 0.1) is 12.1 Å². The summed E-state index contributed by atoms with van der Waals surface area (Å²) in [4.78, 5) is 4.16. The molecule has 1 saturated heterocycles. The van der Waals surface area contributed by atoms with Gasteiger partial charge in [0.15, 0.2) is 0 Å². The average molecular weight is 206 g/mol. The van der Waals surface area contributed by atoms with Crippen LogP contribution in [-0.2, 0) is 4.74 Å². The molecule has 0 saturated carbocycles. The maximum atomic E-state index is 6.17. The normalized spacial score (nSPS) is 23.7. The van der Waals surface area contributed by atoms with Crippen LogP contribution >= 0.6 is 0 Å². The summed E-state index contributed by atoms with van der Waals surface area (Å²) in [7, 11) is 0. The maximum absolute atomic E-state index is 6.17. The number of nitrogens with zero attached hydrogens (tertiary/aromatic N) is 1. The molecule has 3 heteroatoms. The Morgan fingerprint density at radius 3 is 3.00 bits per heavy atom. The van der Waals surface area contributed by atoms with Gasteiger partial charge in [-0.3, -0.25) is 4.98 Å². The third kappa shape index (κ3) is 2.55. The lowest BCUT2D eigenvalue weighted by atomic mass is 9.97. The van der Waals surface area contributed by atoms with Crippen LogP contribution in [0.4, 0.5) is 0 Å². The van der Waals surface area contributed by atoms with Crippen LogP contribution in [0.5, 0.6) is 0 Å². The second-order valence-electron chi connectivity index (χ2n) is 4.23. The van der Waals surface area contributed by atoms with Gasteiger partial charge in [-0.2, -0.15) is 0 Å². The quantitative estimate of drug-likeness (QED) is 0.804. The average Bonchev–Trinajstić information content (AvgIpc) is 2.29. The zero-order valence-electron chi connectivity index (χ0n) is 9.15.